The van der Waals surface area contributed by atoms with Crippen LogP contribution in [-0.4, -0.2) is 31.5 Å². The van der Waals surface area contributed by atoms with Crippen LogP contribution in [0.25, 0.3) is 22.2 Å². The average molecular weight is 441 g/mol. The molecule has 0 spiro atoms. The van der Waals surface area contributed by atoms with Gasteiger partial charge < -0.3 is 13.7 Å². The highest BCUT2D eigenvalue weighted by molar-refractivity contribution is 7.99. The van der Waals surface area contributed by atoms with Crippen LogP contribution < -0.4 is 0 Å². The smallest absolute Gasteiger partial charge is 0.316 e. The van der Waals surface area contributed by atoms with Crippen LogP contribution in [0.2, 0.25) is 0 Å². The first kappa shape index (κ1) is 20.4. The molecule has 0 saturated heterocycles. The zero-order valence-electron chi connectivity index (χ0n) is 16.6. The summed E-state index contributed by atoms with van der Waals surface area (Å²) < 4.78 is 12.8. The second-order valence-electron chi connectivity index (χ2n) is 6.49. The van der Waals surface area contributed by atoms with Gasteiger partial charge in [0.2, 0.25) is 5.89 Å². The van der Waals surface area contributed by atoms with Crippen molar-refractivity contribution in [1.82, 2.24) is 19.7 Å². The average Bonchev–Trinajstić information content (AvgIpc) is 3.51. The zero-order chi connectivity index (χ0) is 20.9. The van der Waals surface area contributed by atoms with Crippen molar-refractivity contribution in [3.8, 4) is 22.2 Å². The molecule has 3 heterocycles. The maximum atomic E-state index is 12.2. The van der Waals surface area contributed by atoms with E-state index in [1.165, 1.54) is 23.6 Å². The summed E-state index contributed by atoms with van der Waals surface area (Å²) in [5.74, 6) is 1.12. The molecule has 0 amide bonds. The van der Waals surface area contributed by atoms with E-state index in [-0.39, 0.29) is 18.3 Å². The first-order chi connectivity index (χ1) is 14.6. The van der Waals surface area contributed by atoms with Gasteiger partial charge in [0.05, 0.1) is 10.6 Å². The summed E-state index contributed by atoms with van der Waals surface area (Å²) >= 11 is 2.92. The number of aromatic nitrogens is 4. The van der Waals surface area contributed by atoms with Crippen molar-refractivity contribution in [2.75, 3.05) is 5.75 Å². The molecule has 4 rings (SSSR count). The third-order valence-corrected chi connectivity index (χ3v) is 6.13. The van der Waals surface area contributed by atoms with E-state index in [9.17, 15) is 4.79 Å². The molecule has 0 aliphatic carbocycles. The fourth-order valence-corrected chi connectivity index (χ4v) is 4.31. The van der Waals surface area contributed by atoms with E-state index < -0.39 is 0 Å². The summed E-state index contributed by atoms with van der Waals surface area (Å²) in [5.41, 5.74) is 2.62. The molecule has 0 atom stereocenters. The van der Waals surface area contributed by atoms with Gasteiger partial charge >= 0.3 is 5.97 Å². The molecule has 154 valence electrons. The van der Waals surface area contributed by atoms with Crippen molar-refractivity contribution in [2.24, 2.45) is 0 Å². The Morgan fingerprint density at radius 1 is 1.23 bits per heavy atom. The van der Waals surface area contributed by atoms with Crippen molar-refractivity contribution in [3.63, 3.8) is 0 Å². The number of esters is 1. The van der Waals surface area contributed by atoms with Gasteiger partial charge in [-0.25, -0.2) is 4.98 Å². The van der Waals surface area contributed by atoms with Crippen LogP contribution in [0, 0.1) is 6.92 Å². The Morgan fingerprint density at radius 2 is 2.07 bits per heavy atom. The molecule has 9 heteroatoms. The number of nitrogens with zero attached hydrogens (tertiary/aromatic N) is 4. The summed E-state index contributed by atoms with van der Waals surface area (Å²) in [7, 11) is 0. The zero-order valence-corrected chi connectivity index (χ0v) is 18.2. The minimum absolute atomic E-state index is 0.0651. The van der Waals surface area contributed by atoms with Crippen molar-refractivity contribution >= 4 is 29.1 Å². The highest BCUT2D eigenvalue weighted by atomic mass is 32.2. The van der Waals surface area contributed by atoms with Crippen LogP contribution in [0.5, 0.6) is 0 Å². The van der Waals surface area contributed by atoms with Crippen LogP contribution in [0.1, 0.15) is 18.2 Å². The minimum Gasteiger partial charge on any atom is -0.458 e. The molecule has 0 aliphatic rings. The van der Waals surface area contributed by atoms with Crippen LogP contribution in [0.15, 0.2) is 57.6 Å². The quantitative estimate of drug-likeness (QED) is 0.287. The number of ether oxygens (including phenoxy) is 1. The molecule has 0 fully saturated rings. The van der Waals surface area contributed by atoms with Gasteiger partial charge in [-0.1, -0.05) is 35.5 Å². The molecule has 30 heavy (non-hydrogen) atoms. The highest BCUT2D eigenvalue weighted by Crippen LogP contribution is 2.27. The van der Waals surface area contributed by atoms with E-state index in [4.69, 9.17) is 9.15 Å². The van der Waals surface area contributed by atoms with Crippen molar-refractivity contribution in [1.29, 1.82) is 0 Å². The van der Waals surface area contributed by atoms with E-state index in [2.05, 4.69) is 15.2 Å². The molecule has 1 aromatic carbocycles. The highest BCUT2D eigenvalue weighted by Gasteiger charge is 2.16. The van der Waals surface area contributed by atoms with E-state index in [0.29, 0.717) is 16.7 Å². The number of oxazole rings is 1. The van der Waals surface area contributed by atoms with Gasteiger partial charge in [-0.15, -0.1) is 21.5 Å². The van der Waals surface area contributed by atoms with Gasteiger partial charge in [-0.05, 0) is 37.4 Å². The van der Waals surface area contributed by atoms with Gasteiger partial charge in [0.25, 0.3) is 0 Å². The summed E-state index contributed by atoms with van der Waals surface area (Å²) in [4.78, 5) is 17.6. The monoisotopic (exact) mass is 440 g/mol. The predicted molar refractivity (Wildman–Crippen MR) is 116 cm³/mol. The Labute approximate surface area is 182 Å². The van der Waals surface area contributed by atoms with Gasteiger partial charge in [0.15, 0.2) is 11.0 Å². The molecule has 0 radical (unpaired) electrons. The second kappa shape index (κ2) is 9.27. The fraction of sp³-hybridized carbons (Fsp3) is 0.238. The minimum atomic E-state index is -0.344. The van der Waals surface area contributed by atoms with E-state index in [1.54, 1.807) is 11.3 Å². The number of carbonyl (C=O) groups excluding carboxylic acids is 1. The van der Waals surface area contributed by atoms with Gasteiger partial charge in [0.1, 0.15) is 18.6 Å². The molecule has 4 aromatic rings. The molecule has 7 nitrogen and oxygen atoms in total. The number of hydrogen-bond acceptors (Lipinski definition) is 8. The fourth-order valence-electron chi connectivity index (χ4n) is 2.79. The topological polar surface area (TPSA) is 83.0 Å². The lowest BCUT2D eigenvalue weighted by molar-refractivity contribution is -0.141. The van der Waals surface area contributed by atoms with Gasteiger partial charge in [0, 0.05) is 12.1 Å². The maximum absolute atomic E-state index is 12.2. The second-order valence-corrected chi connectivity index (χ2v) is 8.38. The van der Waals surface area contributed by atoms with Crippen molar-refractivity contribution in [2.45, 2.75) is 32.2 Å². The Hall–Kier alpha value is -2.91. The Bertz CT molecular complexity index is 1120. The van der Waals surface area contributed by atoms with Gasteiger partial charge in [-0.3, -0.25) is 4.79 Å². The molecule has 0 saturated carbocycles. The van der Waals surface area contributed by atoms with Gasteiger partial charge in [-0.2, -0.15) is 0 Å². The van der Waals surface area contributed by atoms with Crippen molar-refractivity contribution < 1.29 is 13.9 Å². The Kier molecular flexibility index (Phi) is 6.29. The number of thioether (sulfide) groups is 1. The molecule has 0 bridgehead atoms. The normalized spacial score (nSPS) is 11.0. The van der Waals surface area contributed by atoms with Crippen LogP contribution in [-0.2, 0) is 22.7 Å². The largest absolute Gasteiger partial charge is 0.458 e. The first-order valence-electron chi connectivity index (χ1n) is 9.41. The number of aryl methyl sites for hydroxylation is 1. The summed E-state index contributed by atoms with van der Waals surface area (Å²) in [6.45, 7) is 4.83. The molecular weight excluding hydrogens is 420 g/mol. The Morgan fingerprint density at radius 3 is 2.80 bits per heavy atom. The van der Waals surface area contributed by atoms with Crippen molar-refractivity contribution in [3.05, 3.63) is 59.3 Å². The third kappa shape index (κ3) is 4.63. The number of hydrogen-bond donors (Lipinski definition) is 0. The summed E-state index contributed by atoms with van der Waals surface area (Å²) in [6.07, 6.45) is 1.51. The first-order valence-corrected chi connectivity index (χ1v) is 11.3. The van der Waals surface area contributed by atoms with E-state index >= 15 is 0 Å². The number of carbonyl (C=O) groups is 1. The Balaban J connectivity index is 1.31. The maximum Gasteiger partial charge on any atom is 0.316 e. The van der Waals surface area contributed by atoms with Crippen LogP contribution in [0.3, 0.4) is 0 Å². The molecule has 0 N–H and O–H groups in total. The predicted octanol–water partition coefficient (Wildman–Crippen LogP) is 4.83. The van der Waals surface area contributed by atoms with E-state index in [1.807, 2.05) is 60.2 Å². The summed E-state index contributed by atoms with van der Waals surface area (Å²) in [6, 6.07) is 11.9. The molecule has 3 aromatic heterocycles. The van der Waals surface area contributed by atoms with Crippen LogP contribution >= 0.6 is 23.1 Å². The van der Waals surface area contributed by atoms with Crippen LogP contribution in [0.4, 0.5) is 0 Å². The lowest BCUT2D eigenvalue weighted by atomic mass is 10.1. The summed E-state index contributed by atoms with van der Waals surface area (Å²) in [5, 5.41) is 11.2. The third-order valence-electron chi connectivity index (χ3n) is 4.33. The number of benzene rings is 1. The van der Waals surface area contributed by atoms with E-state index in [0.717, 1.165) is 22.8 Å². The molecular formula is C21H20N4O3S2. The lowest BCUT2D eigenvalue weighted by Crippen LogP contribution is -2.08. The number of thiophene rings is 1. The standard InChI is InChI=1S/C21H20N4O3S2/c1-3-25-19(17-5-4-10-29-17)23-24-21(25)30-13-18(26)27-11-16-12-28-20(22-16)15-8-6-14(2)7-9-15/h4-10,12H,3,11,13H2,1-2H3. The molecule has 0 aliphatic heterocycles. The SMILES string of the molecule is CCn1c(SCC(=O)OCc2coc(-c3ccc(C)cc3)n2)nnc1-c1cccs1. The number of rotatable bonds is 8. The molecule has 0 unspecified atom stereocenters. The lowest BCUT2D eigenvalue weighted by Gasteiger charge is -2.06.